The highest BCUT2D eigenvalue weighted by Crippen LogP contribution is 2.25. The second-order valence-corrected chi connectivity index (χ2v) is 10.4. The number of amides is 2. The Morgan fingerprint density at radius 3 is 2.11 bits per heavy atom. The van der Waals surface area contributed by atoms with Crippen LogP contribution in [0, 0.1) is 0 Å². The molecule has 192 valence electrons. The number of thiazole rings is 1. The molecule has 3 aromatic rings. The van der Waals surface area contributed by atoms with Crippen LogP contribution in [0.1, 0.15) is 42.9 Å². The molecule has 1 heterocycles. The van der Waals surface area contributed by atoms with Crippen LogP contribution >= 0.6 is 11.3 Å². The van der Waals surface area contributed by atoms with Crippen LogP contribution in [0.4, 0.5) is 9.59 Å². The van der Waals surface area contributed by atoms with E-state index in [2.05, 4.69) is 15.6 Å². The average molecular weight is 512 g/mol. The molecule has 0 bridgehead atoms. The maximum atomic E-state index is 12.7. The van der Waals surface area contributed by atoms with Gasteiger partial charge in [0, 0.05) is 24.6 Å². The molecule has 2 amide bonds. The van der Waals surface area contributed by atoms with Gasteiger partial charge in [0.1, 0.15) is 18.3 Å². The van der Waals surface area contributed by atoms with Gasteiger partial charge >= 0.3 is 12.2 Å². The summed E-state index contributed by atoms with van der Waals surface area (Å²) in [5.41, 5.74) is 3.10. The van der Waals surface area contributed by atoms with Crippen molar-refractivity contribution in [2.45, 2.75) is 57.5 Å². The van der Waals surface area contributed by atoms with Gasteiger partial charge in [-0.2, -0.15) is 0 Å². The largest absolute Gasteiger partial charge is 0.443 e. The lowest BCUT2D eigenvalue weighted by molar-refractivity contribution is 0.000690. The van der Waals surface area contributed by atoms with Crippen LogP contribution < -0.4 is 10.6 Å². The van der Waals surface area contributed by atoms with Crippen molar-refractivity contribution in [3.05, 3.63) is 88.4 Å². The molecule has 0 fully saturated rings. The predicted octanol–water partition coefficient (Wildman–Crippen LogP) is 4.65. The summed E-state index contributed by atoms with van der Waals surface area (Å²) in [4.78, 5) is 30.0. The van der Waals surface area contributed by atoms with E-state index in [1.54, 1.807) is 11.7 Å². The summed E-state index contributed by atoms with van der Waals surface area (Å²) in [6.45, 7) is 5.36. The summed E-state index contributed by atoms with van der Waals surface area (Å²) < 4.78 is 11.2. The third-order valence-electron chi connectivity index (χ3n) is 5.18. The molecule has 36 heavy (non-hydrogen) atoms. The first-order valence-electron chi connectivity index (χ1n) is 11.8. The molecule has 2 aromatic carbocycles. The smallest absolute Gasteiger partial charge is 0.407 e. The number of aliphatic hydroxyl groups is 1. The van der Waals surface area contributed by atoms with Crippen molar-refractivity contribution in [3.8, 4) is 0 Å². The van der Waals surface area contributed by atoms with Crippen LogP contribution in [0.5, 0.6) is 0 Å². The lowest BCUT2D eigenvalue weighted by Crippen LogP contribution is -2.47. The van der Waals surface area contributed by atoms with Crippen molar-refractivity contribution < 1.29 is 24.2 Å². The second kappa shape index (κ2) is 13.0. The molecule has 0 radical (unpaired) electrons. The van der Waals surface area contributed by atoms with Gasteiger partial charge in [-0.25, -0.2) is 9.59 Å². The number of nitrogens with one attached hydrogen (secondary N) is 2. The highest BCUT2D eigenvalue weighted by atomic mass is 32.1. The Kier molecular flexibility index (Phi) is 9.84. The lowest BCUT2D eigenvalue weighted by atomic mass is 10.0. The molecule has 8 nitrogen and oxygen atoms in total. The van der Waals surface area contributed by atoms with E-state index < -0.39 is 36.0 Å². The minimum absolute atomic E-state index is 0.153. The standard InChI is InChI=1S/C27H33N3O5S/c1-27(2,3)30-26(33)34-22(14-19-10-6-4-7-11-19)21(31)16-29-25(32)35-23(24-17-28-18-36-24)15-20-12-8-5-9-13-20/h4-13,17-18,21-23,31H,14-16H2,1-3H3,(H,29,32)(H,30,33). The number of hydrogen-bond acceptors (Lipinski definition) is 7. The Labute approximate surface area is 215 Å². The van der Waals surface area contributed by atoms with E-state index in [1.807, 2.05) is 81.4 Å². The number of hydrogen-bond donors (Lipinski definition) is 3. The highest BCUT2D eigenvalue weighted by molar-refractivity contribution is 7.09. The number of rotatable bonds is 10. The summed E-state index contributed by atoms with van der Waals surface area (Å²) in [6.07, 6.45) is -1.42. The van der Waals surface area contributed by atoms with E-state index in [0.29, 0.717) is 6.42 Å². The van der Waals surface area contributed by atoms with Gasteiger partial charge in [-0.1, -0.05) is 60.7 Å². The van der Waals surface area contributed by atoms with E-state index in [-0.39, 0.29) is 13.0 Å². The Hall–Kier alpha value is -3.43. The van der Waals surface area contributed by atoms with Crippen LogP contribution in [0.3, 0.4) is 0 Å². The molecular weight excluding hydrogens is 478 g/mol. The Morgan fingerprint density at radius 1 is 0.944 bits per heavy atom. The van der Waals surface area contributed by atoms with Crippen molar-refractivity contribution in [3.63, 3.8) is 0 Å². The molecule has 3 rings (SSSR count). The molecule has 3 N–H and O–H groups in total. The van der Waals surface area contributed by atoms with Crippen molar-refractivity contribution in [1.82, 2.24) is 15.6 Å². The van der Waals surface area contributed by atoms with E-state index in [0.717, 1.165) is 16.0 Å². The van der Waals surface area contributed by atoms with Crippen molar-refractivity contribution in [2.75, 3.05) is 6.54 Å². The van der Waals surface area contributed by atoms with Gasteiger partial charge in [-0.3, -0.25) is 4.98 Å². The van der Waals surface area contributed by atoms with Gasteiger partial charge in [-0.05, 0) is 31.9 Å². The van der Waals surface area contributed by atoms with Crippen molar-refractivity contribution >= 4 is 23.5 Å². The Morgan fingerprint density at radius 2 is 1.56 bits per heavy atom. The van der Waals surface area contributed by atoms with Crippen LogP contribution in [0.15, 0.2) is 72.4 Å². The number of benzene rings is 2. The summed E-state index contributed by atoms with van der Waals surface area (Å²) in [5, 5.41) is 16.2. The molecule has 9 heteroatoms. The molecule has 3 unspecified atom stereocenters. The third kappa shape index (κ3) is 9.31. The fourth-order valence-electron chi connectivity index (χ4n) is 3.48. The lowest BCUT2D eigenvalue weighted by Gasteiger charge is -2.27. The molecule has 0 spiro atoms. The van der Waals surface area contributed by atoms with Crippen LogP contribution in [0.2, 0.25) is 0 Å². The Balaban J connectivity index is 1.61. The first-order chi connectivity index (χ1) is 17.2. The number of nitrogens with zero attached hydrogens (tertiary/aromatic N) is 1. The van der Waals surface area contributed by atoms with Crippen molar-refractivity contribution in [1.29, 1.82) is 0 Å². The van der Waals surface area contributed by atoms with E-state index >= 15 is 0 Å². The molecule has 0 aliphatic carbocycles. The van der Waals surface area contributed by atoms with Gasteiger partial charge in [0.05, 0.1) is 16.9 Å². The summed E-state index contributed by atoms with van der Waals surface area (Å²) in [6, 6.07) is 19.1. The van der Waals surface area contributed by atoms with Gasteiger partial charge in [-0.15, -0.1) is 11.3 Å². The fourth-order valence-corrected chi connectivity index (χ4v) is 4.13. The monoisotopic (exact) mass is 511 g/mol. The first kappa shape index (κ1) is 27.2. The highest BCUT2D eigenvalue weighted by Gasteiger charge is 2.27. The van der Waals surface area contributed by atoms with Crippen LogP contribution in [-0.4, -0.2) is 46.6 Å². The molecule has 0 saturated heterocycles. The zero-order valence-corrected chi connectivity index (χ0v) is 21.5. The topological polar surface area (TPSA) is 110 Å². The molecule has 0 saturated carbocycles. The quantitative estimate of drug-likeness (QED) is 0.366. The van der Waals surface area contributed by atoms with Crippen LogP contribution in [0.25, 0.3) is 0 Å². The zero-order valence-electron chi connectivity index (χ0n) is 20.7. The fraction of sp³-hybridized carbons (Fsp3) is 0.370. The molecule has 3 atom stereocenters. The van der Waals surface area contributed by atoms with E-state index in [1.165, 1.54) is 11.3 Å². The molecular formula is C27H33N3O5S. The number of ether oxygens (including phenoxy) is 2. The average Bonchev–Trinajstić information content (AvgIpc) is 3.37. The maximum absolute atomic E-state index is 12.7. The van der Waals surface area contributed by atoms with Gasteiger partial charge < -0.3 is 25.2 Å². The second-order valence-electron chi connectivity index (χ2n) is 9.44. The van der Waals surface area contributed by atoms with Gasteiger partial charge in [0.25, 0.3) is 0 Å². The minimum Gasteiger partial charge on any atom is -0.443 e. The Bertz CT molecular complexity index is 1070. The van der Waals surface area contributed by atoms with Crippen molar-refractivity contribution in [2.24, 2.45) is 0 Å². The number of carbonyl (C=O) groups excluding carboxylic acids is 2. The van der Waals surface area contributed by atoms with E-state index in [4.69, 9.17) is 9.47 Å². The number of alkyl carbamates (subject to hydrolysis) is 2. The normalized spacial score (nSPS) is 13.8. The SMILES string of the molecule is CC(C)(C)NC(=O)OC(Cc1ccccc1)C(O)CNC(=O)OC(Cc1ccccc1)c1cncs1. The van der Waals surface area contributed by atoms with Gasteiger partial charge in [0.15, 0.2) is 0 Å². The molecule has 1 aromatic heterocycles. The summed E-state index contributed by atoms with van der Waals surface area (Å²) in [5.74, 6) is 0. The zero-order chi connectivity index (χ0) is 26.0. The number of aliphatic hydroxyl groups excluding tert-OH is 1. The third-order valence-corrected chi connectivity index (χ3v) is 6.05. The predicted molar refractivity (Wildman–Crippen MR) is 139 cm³/mol. The minimum atomic E-state index is -1.15. The number of aromatic nitrogens is 1. The summed E-state index contributed by atoms with van der Waals surface area (Å²) >= 11 is 1.40. The maximum Gasteiger partial charge on any atom is 0.407 e. The van der Waals surface area contributed by atoms with Crippen LogP contribution in [-0.2, 0) is 22.3 Å². The molecule has 0 aliphatic rings. The summed E-state index contributed by atoms with van der Waals surface area (Å²) in [7, 11) is 0. The van der Waals surface area contributed by atoms with E-state index in [9.17, 15) is 14.7 Å². The number of carbonyl (C=O) groups is 2. The molecule has 0 aliphatic heterocycles. The first-order valence-corrected chi connectivity index (χ1v) is 12.6. The van der Waals surface area contributed by atoms with Gasteiger partial charge in [0.2, 0.25) is 0 Å².